The van der Waals surface area contributed by atoms with Gasteiger partial charge in [0.15, 0.2) is 0 Å². The van der Waals surface area contributed by atoms with Crippen molar-refractivity contribution in [1.82, 2.24) is 10.2 Å². The number of likely N-dealkylation sites (N-methyl/N-ethyl adjacent to an activating group) is 1. The van der Waals surface area contributed by atoms with Crippen LogP contribution in [0.1, 0.15) is 39.5 Å². The van der Waals surface area contributed by atoms with Crippen molar-refractivity contribution in [2.75, 3.05) is 26.7 Å². The molecule has 4 heteroatoms. The van der Waals surface area contributed by atoms with Gasteiger partial charge in [-0.25, -0.2) is 0 Å². The third-order valence-electron chi connectivity index (χ3n) is 4.55. The lowest BCUT2D eigenvalue weighted by atomic mass is 9.82. The topological polar surface area (TPSA) is 52.6 Å². The van der Waals surface area contributed by atoms with Crippen molar-refractivity contribution >= 4 is 5.97 Å². The lowest BCUT2D eigenvalue weighted by molar-refractivity contribution is -0.147. The van der Waals surface area contributed by atoms with Gasteiger partial charge in [-0.3, -0.25) is 4.79 Å². The summed E-state index contributed by atoms with van der Waals surface area (Å²) in [6.07, 6.45) is 4.51. The predicted octanol–water partition coefficient (Wildman–Crippen LogP) is 1.56. The predicted molar refractivity (Wildman–Crippen MR) is 71.6 cm³/mol. The first-order valence-electron chi connectivity index (χ1n) is 7.04. The van der Waals surface area contributed by atoms with E-state index in [9.17, 15) is 9.90 Å². The molecule has 1 aliphatic heterocycles. The van der Waals surface area contributed by atoms with Crippen LogP contribution < -0.4 is 5.32 Å². The number of carbonyl (C=O) groups is 1. The van der Waals surface area contributed by atoms with Crippen LogP contribution in [-0.2, 0) is 4.79 Å². The summed E-state index contributed by atoms with van der Waals surface area (Å²) in [7, 11) is 1.79. The van der Waals surface area contributed by atoms with E-state index in [2.05, 4.69) is 24.1 Å². The lowest BCUT2D eigenvalue weighted by Gasteiger charge is -2.42. The fourth-order valence-corrected chi connectivity index (χ4v) is 3.37. The standard InChI is InChI=1S/C14H26N2O2/c1-13(2)7-4-8-16(9-13)10-14(15-3,12(17)18)11-5-6-11/h11,15H,4-10H2,1-3H3,(H,17,18). The minimum atomic E-state index is -0.729. The fourth-order valence-electron chi connectivity index (χ4n) is 3.37. The Labute approximate surface area is 110 Å². The van der Waals surface area contributed by atoms with Gasteiger partial charge in [0.2, 0.25) is 0 Å². The maximum atomic E-state index is 11.7. The molecule has 1 saturated heterocycles. The number of rotatable bonds is 5. The van der Waals surface area contributed by atoms with Crippen LogP contribution in [0.3, 0.4) is 0 Å². The van der Waals surface area contributed by atoms with Crippen LogP contribution in [-0.4, -0.2) is 48.2 Å². The number of hydrogen-bond acceptors (Lipinski definition) is 3. The third-order valence-corrected chi connectivity index (χ3v) is 4.55. The zero-order chi connectivity index (χ0) is 13.4. The highest BCUT2D eigenvalue weighted by molar-refractivity contribution is 5.80. The Kier molecular flexibility index (Phi) is 3.70. The Morgan fingerprint density at radius 1 is 1.50 bits per heavy atom. The number of piperidine rings is 1. The number of carboxylic acids is 1. The second kappa shape index (κ2) is 4.82. The van der Waals surface area contributed by atoms with Gasteiger partial charge in [0, 0.05) is 13.1 Å². The molecule has 0 aromatic carbocycles. The average molecular weight is 254 g/mol. The van der Waals surface area contributed by atoms with Crippen LogP contribution in [0.25, 0.3) is 0 Å². The summed E-state index contributed by atoms with van der Waals surface area (Å²) in [6.45, 7) is 7.24. The fraction of sp³-hybridized carbons (Fsp3) is 0.929. The van der Waals surface area contributed by atoms with Crippen LogP contribution in [0.2, 0.25) is 0 Å². The molecule has 1 saturated carbocycles. The Hall–Kier alpha value is -0.610. The lowest BCUT2D eigenvalue weighted by Crippen LogP contribution is -2.61. The Bertz CT molecular complexity index is 326. The van der Waals surface area contributed by atoms with Crippen molar-refractivity contribution in [1.29, 1.82) is 0 Å². The molecule has 1 aliphatic carbocycles. The van der Waals surface area contributed by atoms with Crippen molar-refractivity contribution in [3.63, 3.8) is 0 Å². The summed E-state index contributed by atoms with van der Waals surface area (Å²) < 4.78 is 0. The Morgan fingerprint density at radius 2 is 2.17 bits per heavy atom. The molecule has 2 N–H and O–H groups in total. The second-order valence-corrected chi connectivity index (χ2v) is 6.78. The first-order chi connectivity index (χ1) is 8.39. The Morgan fingerprint density at radius 3 is 2.61 bits per heavy atom. The van der Waals surface area contributed by atoms with Gasteiger partial charge in [-0.2, -0.15) is 0 Å². The summed E-state index contributed by atoms with van der Waals surface area (Å²) in [5, 5.41) is 12.7. The number of nitrogens with zero attached hydrogens (tertiary/aromatic N) is 1. The van der Waals surface area contributed by atoms with E-state index in [1.807, 2.05) is 0 Å². The van der Waals surface area contributed by atoms with E-state index < -0.39 is 11.5 Å². The normalized spacial score (nSPS) is 27.7. The smallest absolute Gasteiger partial charge is 0.325 e. The molecule has 104 valence electrons. The zero-order valence-corrected chi connectivity index (χ0v) is 11.8. The number of nitrogens with one attached hydrogen (secondary N) is 1. The molecule has 0 aromatic heterocycles. The van der Waals surface area contributed by atoms with Gasteiger partial charge in [0.1, 0.15) is 5.54 Å². The molecule has 2 aliphatic rings. The first-order valence-corrected chi connectivity index (χ1v) is 7.04. The van der Waals surface area contributed by atoms with Crippen LogP contribution in [0.15, 0.2) is 0 Å². The summed E-state index contributed by atoms with van der Waals surface area (Å²) in [5.74, 6) is -0.374. The summed E-state index contributed by atoms with van der Waals surface area (Å²) >= 11 is 0. The zero-order valence-electron chi connectivity index (χ0n) is 11.8. The molecular formula is C14H26N2O2. The van der Waals surface area contributed by atoms with Crippen LogP contribution in [0.5, 0.6) is 0 Å². The molecule has 0 spiro atoms. The molecule has 1 heterocycles. The molecule has 1 unspecified atom stereocenters. The average Bonchev–Trinajstić information content (AvgIpc) is 3.08. The summed E-state index contributed by atoms with van der Waals surface area (Å²) in [4.78, 5) is 14.0. The number of aliphatic carboxylic acids is 1. The van der Waals surface area contributed by atoms with Gasteiger partial charge >= 0.3 is 5.97 Å². The van der Waals surface area contributed by atoms with Crippen LogP contribution in [0.4, 0.5) is 0 Å². The third kappa shape index (κ3) is 2.69. The molecule has 0 radical (unpaired) electrons. The second-order valence-electron chi connectivity index (χ2n) is 6.78. The van der Waals surface area contributed by atoms with Crippen LogP contribution >= 0.6 is 0 Å². The molecule has 0 aromatic rings. The SMILES string of the molecule is CNC(CN1CCCC(C)(C)C1)(C(=O)O)C1CC1. The molecule has 4 nitrogen and oxygen atoms in total. The van der Waals surface area contributed by atoms with Crippen molar-refractivity contribution in [2.24, 2.45) is 11.3 Å². The molecule has 0 bridgehead atoms. The van der Waals surface area contributed by atoms with Crippen LogP contribution in [0, 0.1) is 11.3 Å². The number of likely N-dealkylation sites (tertiary alicyclic amines) is 1. The van der Waals surface area contributed by atoms with E-state index in [1.165, 1.54) is 12.8 Å². The van der Waals surface area contributed by atoms with E-state index in [0.29, 0.717) is 17.9 Å². The number of carboxylic acid groups (broad SMARTS) is 1. The van der Waals surface area contributed by atoms with Gasteiger partial charge in [-0.05, 0) is 50.6 Å². The van der Waals surface area contributed by atoms with E-state index in [1.54, 1.807) is 7.05 Å². The van der Waals surface area contributed by atoms with E-state index >= 15 is 0 Å². The van der Waals surface area contributed by atoms with Crippen molar-refractivity contribution < 1.29 is 9.90 Å². The number of hydrogen-bond donors (Lipinski definition) is 2. The molecule has 0 amide bonds. The maximum Gasteiger partial charge on any atom is 0.325 e. The highest BCUT2D eigenvalue weighted by Gasteiger charge is 2.51. The molecular weight excluding hydrogens is 228 g/mol. The highest BCUT2D eigenvalue weighted by Crippen LogP contribution is 2.41. The van der Waals surface area contributed by atoms with Crippen molar-refractivity contribution in [2.45, 2.75) is 45.1 Å². The molecule has 2 rings (SSSR count). The largest absolute Gasteiger partial charge is 0.480 e. The molecule has 2 fully saturated rings. The van der Waals surface area contributed by atoms with Crippen molar-refractivity contribution in [3.05, 3.63) is 0 Å². The van der Waals surface area contributed by atoms with Gasteiger partial charge in [-0.15, -0.1) is 0 Å². The Balaban J connectivity index is 2.07. The van der Waals surface area contributed by atoms with E-state index in [4.69, 9.17) is 0 Å². The highest BCUT2D eigenvalue weighted by atomic mass is 16.4. The van der Waals surface area contributed by atoms with E-state index in [0.717, 1.165) is 25.9 Å². The minimum Gasteiger partial charge on any atom is -0.480 e. The van der Waals surface area contributed by atoms with Crippen molar-refractivity contribution in [3.8, 4) is 0 Å². The van der Waals surface area contributed by atoms with Gasteiger partial charge in [0.05, 0.1) is 0 Å². The minimum absolute atomic E-state index is 0.310. The first kappa shape index (κ1) is 13.8. The maximum absolute atomic E-state index is 11.7. The monoisotopic (exact) mass is 254 g/mol. The quantitative estimate of drug-likeness (QED) is 0.782. The summed E-state index contributed by atoms with van der Waals surface area (Å²) in [6, 6.07) is 0. The summed E-state index contributed by atoms with van der Waals surface area (Å²) in [5.41, 5.74) is -0.410. The molecule has 1 atom stereocenters. The van der Waals surface area contributed by atoms with Gasteiger partial charge in [0.25, 0.3) is 0 Å². The van der Waals surface area contributed by atoms with Gasteiger partial charge in [-0.1, -0.05) is 13.8 Å². The van der Waals surface area contributed by atoms with Gasteiger partial charge < -0.3 is 15.3 Å². The molecule has 18 heavy (non-hydrogen) atoms. The van der Waals surface area contributed by atoms with E-state index in [-0.39, 0.29) is 0 Å².